The van der Waals surface area contributed by atoms with Crippen molar-refractivity contribution in [2.45, 2.75) is 24.9 Å². The molecule has 3 aromatic carbocycles. The first-order chi connectivity index (χ1) is 14.6. The molecule has 2 amide bonds. The van der Waals surface area contributed by atoms with Crippen LogP contribution >= 0.6 is 11.8 Å². The Hall–Kier alpha value is -3.05. The van der Waals surface area contributed by atoms with Crippen LogP contribution in [0.3, 0.4) is 0 Å². The zero-order valence-corrected chi connectivity index (χ0v) is 17.6. The average molecular weight is 417 g/mol. The molecular weight excluding hydrogens is 392 g/mol. The van der Waals surface area contributed by atoms with Crippen molar-refractivity contribution < 1.29 is 9.59 Å². The standard InChI is InChI=1S/C25H24N2O2S/c1-18(20-10-6-3-7-11-20)26-24(29)21-12-14-22(15-13-21)25-27(23(28)17-30-25)16-19-8-4-2-5-9-19/h2-15,18,25H,16-17H2,1H3,(H,26,29)/t18-,25-/m1/s1. The summed E-state index contributed by atoms with van der Waals surface area (Å²) in [5.74, 6) is 0.524. The Morgan fingerprint density at radius 1 is 1.00 bits per heavy atom. The van der Waals surface area contributed by atoms with Crippen LogP contribution in [0.25, 0.3) is 0 Å². The quantitative estimate of drug-likeness (QED) is 0.618. The van der Waals surface area contributed by atoms with Crippen LogP contribution in [0.5, 0.6) is 0 Å². The molecule has 30 heavy (non-hydrogen) atoms. The molecule has 4 rings (SSSR count). The number of rotatable bonds is 6. The fraction of sp³-hybridized carbons (Fsp3) is 0.200. The highest BCUT2D eigenvalue weighted by molar-refractivity contribution is 8.00. The minimum atomic E-state index is -0.103. The fourth-order valence-electron chi connectivity index (χ4n) is 3.59. The highest BCUT2D eigenvalue weighted by Gasteiger charge is 2.32. The van der Waals surface area contributed by atoms with Gasteiger partial charge in [0.1, 0.15) is 5.37 Å². The molecule has 1 heterocycles. The van der Waals surface area contributed by atoms with Gasteiger partial charge in [0.15, 0.2) is 0 Å². The second-order valence-corrected chi connectivity index (χ2v) is 8.47. The Labute approximate surface area is 181 Å². The van der Waals surface area contributed by atoms with E-state index in [1.807, 2.05) is 96.8 Å². The predicted molar refractivity (Wildman–Crippen MR) is 121 cm³/mol. The van der Waals surface area contributed by atoms with Crippen LogP contribution in [0.1, 0.15) is 45.4 Å². The normalized spacial score (nSPS) is 17.0. The number of nitrogens with one attached hydrogen (secondary N) is 1. The van der Waals surface area contributed by atoms with Crippen LogP contribution in [0.4, 0.5) is 0 Å². The van der Waals surface area contributed by atoms with E-state index in [9.17, 15) is 9.59 Å². The smallest absolute Gasteiger partial charge is 0.251 e. The van der Waals surface area contributed by atoms with Gasteiger partial charge in [-0.05, 0) is 35.7 Å². The van der Waals surface area contributed by atoms with Gasteiger partial charge in [-0.2, -0.15) is 0 Å². The number of hydrogen-bond donors (Lipinski definition) is 1. The summed E-state index contributed by atoms with van der Waals surface area (Å²) < 4.78 is 0. The number of amides is 2. The molecule has 1 fully saturated rings. The first kappa shape index (κ1) is 20.2. The van der Waals surface area contributed by atoms with Gasteiger partial charge in [0, 0.05) is 12.1 Å². The van der Waals surface area contributed by atoms with E-state index >= 15 is 0 Å². The van der Waals surface area contributed by atoms with Crippen LogP contribution < -0.4 is 5.32 Å². The van der Waals surface area contributed by atoms with Crippen molar-refractivity contribution in [1.29, 1.82) is 0 Å². The Balaban J connectivity index is 1.44. The van der Waals surface area contributed by atoms with Gasteiger partial charge in [0.05, 0.1) is 11.8 Å². The van der Waals surface area contributed by atoms with E-state index < -0.39 is 0 Å². The first-order valence-corrected chi connectivity index (χ1v) is 11.1. The lowest BCUT2D eigenvalue weighted by molar-refractivity contribution is -0.128. The summed E-state index contributed by atoms with van der Waals surface area (Å²) in [6.07, 6.45) is 0. The van der Waals surface area contributed by atoms with Crippen LogP contribution in [-0.2, 0) is 11.3 Å². The van der Waals surface area contributed by atoms with E-state index in [1.54, 1.807) is 11.8 Å². The van der Waals surface area contributed by atoms with Crippen molar-refractivity contribution >= 4 is 23.6 Å². The van der Waals surface area contributed by atoms with Crippen molar-refractivity contribution in [3.05, 3.63) is 107 Å². The molecule has 4 nitrogen and oxygen atoms in total. The maximum atomic E-state index is 12.6. The summed E-state index contributed by atoms with van der Waals surface area (Å²) in [7, 11) is 0. The summed E-state index contributed by atoms with van der Waals surface area (Å²) in [5, 5.41) is 3.01. The monoisotopic (exact) mass is 416 g/mol. The largest absolute Gasteiger partial charge is 0.346 e. The predicted octanol–water partition coefficient (Wildman–Crippen LogP) is 4.95. The molecule has 2 atom stereocenters. The third kappa shape index (κ3) is 4.57. The number of carbonyl (C=O) groups is 2. The number of nitrogens with zero attached hydrogens (tertiary/aromatic N) is 1. The van der Waals surface area contributed by atoms with Crippen molar-refractivity contribution in [3.8, 4) is 0 Å². The molecule has 3 aromatic rings. The van der Waals surface area contributed by atoms with Gasteiger partial charge in [-0.3, -0.25) is 9.59 Å². The number of thioether (sulfide) groups is 1. The van der Waals surface area contributed by atoms with Crippen LogP contribution in [0, 0.1) is 0 Å². The minimum absolute atomic E-state index is 0.0296. The van der Waals surface area contributed by atoms with Crippen molar-refractivity contribution in [3.63, 3.8) is 0 Å². The molecule has 1 N–H and O–H groups in total. The lowest BCUT2D eigenvalue weighted by atomic mass is 10.1. The molecular formula is C25H24N2O2S. The van der Waals surface area contributed by atoms with E-state index in [0.29, 0.717) is 17.9 Å². The van der Waals surface area contributed by atoms with E-state index in [1.165, 1.54) is 0 Å². The molecule has 1 aliphatic heterocycles. The van der Waals surface area contributed by atoms with E-state index in [0.717, 1.165) is 16.7 Å². The molecule has 0 aromatic heterocycles. The maximum Gasteiger partial charge on any atom is 0.251 e. The third-order valence-electron chi connectivity index (χ3n) is 5.27. The molecule has 0 saturated carbocycles. The molecule has 1 aliphatic rings. The first-order valence-electron chi connectivity index (χ1n) is 10.0. The van der Waals surface area contributed by atoms with Crippen molar-refractivity contribution in [2.75, 3.05) is 5.75 Å². The minimum Gasteiger partial charge on any atom is -0.346 e. The Morgan fingerprint density at radius 2 is 1.63 bits per heavy atom. The summed E-state index contributed by atoms with van der Waals surface area (Å²) in [5.41, 5.74) is 3.84. The van der Waals surface area contributed by atoms with Crippen molar-refractivity contribution in [2.24, 2.45) is 0 Å². The molecule has 0 unspecified atom stereocenters. The Morgan fingerprint density at radius 3 is 2.30 bits per heavy atom. The van der Waals surface area contributed by atoms with E-state index in [2.05, 4.69) is 5.32 Å². The highest BCUT2D eigenvalue weighted by Crippen LogP contribution is 2.39. The van der Waals surface area contributed by atoms with Gasteiger partial charge >= 0.3 is 0 Å². The van der Waals surface area contributed by atoms with Crippen molar-refractivity contribution in [1.82, 2.24) is 10.2 Å². The molecule has 152 valence electrons. The molecule has 0 aliphatic carbocycles. The molecule has 0 bridgehead atoms. The van der Waals surface area contributed by atoms with Gasteiger partial charge in [-0.15, -0.1) is 11.8 Å². The summed E-state index contributed by atoms with van der Waals surface area (Å²) >= 11 is 1.63. The van der Waals surface area contributed by atoms with Crippen LogP contribution in [0.15, 0.2) is 84.9 Å². The zero-order valence-electron chi connectivity index (χ0n) is 16.8. The highest BCUT2D eigenvalue weighted by atomic mass is 32.2. The number of benzene rings is 3. The van der Waals surface area contributed by atoms with Crippen LogP contribution in [0.2, 0.25) is 0 Å². The van der Waals surface area contributed by atoms with E-state index in [4.69, 9.17) is 0 Å². The van der Waals surface area contributed by atoms with Gasteiger partial charge in [-0.25, -0.2) is 0 Å². The molecule has 5 heteroatoms. The number of carbonyl (C=O) groups excluding carboxylic acids is 2. The van der Waals surface area contributed by atoms with E-state index in [-0.39, 0.29) is 23.2 Å². The second-order valence-electron chi connectivity index (χ2n) is 7.40. The fourth-order valence-corrected chi connectivity index (χ4v) is 4.77. The Bertz CT molecular complexity index is 1010. The Kier molecular flexibility index (Phi) is 6.19. The maximum absolute atomic E-state index is 12.6. The molecule has 1 saturated heterocycles. The van der Waals surface area contributed by atoms with Gasteiger partial charge < -0.3 is 10.2 Å². The SMILES string of the molecule is C[C@@H](NC(=O)c1ccc([C@H]2SCC(=O)N2Cc2ccccc2)cc1)c1ccccc1. The molecule has 0 radical (unpaired) electrons. The third-order valence-corrected chi connectivity index (χ3v) is 6.53. The second kappa shape index (κ2) is 9.18. The zero-order chi connectivity index (χ0) is 20.9. The number of hydrogen-bond acceptors (Lipinski definition) is 3. The van der Waals surface area contributed by atoms with Gasteiger partial charge in [0.2, 0.25) is 5.91 Å². The topological polar surface area (TPSA) is 49.4 Å². The average Bonchev–Trinajstić information content (AvgIpc) is 3.15. The molecule has 0 spiro atoms. The van der Waals surface area contributed by atoms with Gasteiger partial charge in [-0.1, -0.05) is 72.8 Å². The lowest BCUT2D eigenvalue weighted by Crippen LogP contribution is -2.28. The van der Waals surface area contributed by atoms with Gasteiger partial charge in [0.25, 0.3) is 5.91 Å². The van der Waals surface area contributed by atoms with Crippen LogP contribution in [-0.4, -0.2) is 22.5 Å². The lowest BCUT2D eigenvalue weighted by Gasteiger charge is -2.24. The summed E-state index contributed by atoms with van der Waals surface area (Å²) in [6.45, 7) is 2.57. The summed E-state index contributed by atoms with van der Waals surface area (Å²) in [4.78, 5) is 27.0. The summed E-state index contributed by atoms with van der Waals surface area (Å²) in [6, 6.07) is 27.4.